The van der Waals surface area contributed by atoms with Gasteiger partial charge in [-0.2, -0.15) is 0 Å². The Kier molecular flexibility index (Phi) is 4.07. The zero-order chi connectivity index (χ0) is 13.9. The molecule has 0 bridgehead atoms. The van der Waals surface area contributed by atoms with E-state index >= 15 is 0 Å². The molecule has 0 spiro atoms. The van der Waals surface area contributed by atoms with Gasteiger partial charge in [-0.25, -0.2) is 4.79 Å². The third-order valence-electron chi connectivity index (χ3n) is 3.56. The number of carboxylic acids is 1. The van der Waals surface area contributed by atoms with Crippen molar-refractivity contribution in [1.82, 2.24) is 5.32 Å². The van der Waals surface area contributed by atoms with Gasteiger partial charge in [0.1, 0.15) is 11.3 Å². The molecule has 1 aromatic rings. The smallest absolute Gasteiger partial charge is 0.328 e. The van der Waals surface area contributed by atoms with Crippen molar-refractivity contribution in [1.29, 1.82) is 0 Å². The molecule has 1 saturated heterocycles. The second kappa shape index (κ2) is 5.59. The van der Waals surface area contributed by atoms with Crippen LogP contribution in [0.5, 0.6) is 5.75 Å². The molecule has 5 heteroatoms. The first kappa shape index (κ1) is 13.8. The van der Waals surface area contributed by atoms with E-state index in [1.807, 2.05) is 0 Å². The molecule has 5 nitrogen and oxygen atoms in total. The maximum Gasteiger partial charge on any atom is 0.328 e. The van der Waals surface area contributed by atoms with Crippen molar-refractivity contribution < 1.29 is 19.7 Å². The van der Waals surface area contributed by atoms with E-state index in [0.717, 1.165) is 19.4 Å². The van der Waals surface area contributed by atoms with Gasteiger partial charge in [0.2, 0.25) is 0 Å². The van der Waals surface area contributed by atoms with E-state index in [4.69, 9.17) is 4.74 Å². The third-order valence-corrected chi connectivity index (χ3v) is 3.56. The predicted molar refractivity (Wildman–Crippen MR) is 70.1 cm³/mol. The van der Waals surface area contributed by atoms with Crippen molar-refractivity contribution in [3.8, 4) is 5.75 Å². The number of hydrogen-bond donors (Lipinski definition) is 3. The highest BCUT2D eigenvalue weighted by molar-refractivity contribution is 5.80. The first-order valence-electron chi connectivity index (χ1n) is 6.42. The molecule has 19 heavy (non-hydrogen) atoms. The van der Waals surface area contributed by atoms with Crippen LogP contribution in [0.1, 0.15) is 25.3 Å². The quantitative estimate of drug-likeness (QED) is 0.751. The van der Waals surface area contributed by atoms with E-state index in [-0.39, 0.29) is 11.9 Å². The van der Waals surface area contributed by atoms with Crippen LogP contribution in [0.4, 0.5) is 0 Å². The molecule has 2 atom stereocenters. The van der Waals surface area contributed by atoms with Crippen LogP contribution < -0.4 is 5.32 Å². The van der Waals surface area contributed by atoms with Gasteiger partial charge in [-0.15, -0.1) is 0 Å². The predicted octanol–water partition coefficient (Wildman–Crippen LogP) is 1.46. The van der Waals surface area contributed by atoms with Gasteiger partial charge in [-0.3, -0.25) is 5.32 Å². The van der Waals surface area contributed by atoms with E-state index in [9.17, 15) is 15.0 Å². The maximum absolute atomic E-state index is 11.6. The number of carbonyl (C=O) groups is 1. The van der Waals surface area contributed by atoms with Gasteiger partial charge in [0, 0.05) is 13.2 Å². The van der Waals surface area contributed by atoms with E-state index in [2.05, 4.69) is 5.32 Å². The van der Waals surface area contributed by atoms with Crippen molar-refractivity contribution in [2.45, 2.75) is 31.4 Å². The molecule has 0 amide bonds. The number of carboxylic acid groups (broad SMARTS) is 1. The minimum absolute atomic E-state index is 0.0592. The Morgan fingerprint density at radius 1 is 1.58 bits per heavy atom. The van der Waals surface area contributed by atoms with Crippen LogP contribution in [-0.2, 0) is 15.1 Å². The third kappa shape index (κ3) is 3.05. The van der Waals surface area contributed by atoms with Crippen molar-refractivity contribution in [3.63, 3.8) is 0 Å². The molecule has 0 radical (unpaired) electrons. The number of rotatable bonds is 5. The highest BCUT2D eigenvalue weighted by atomic mass is 16.5. The summed E-state index contributed by atoms with van der Waals surface area (Å²) < 4.78 is 5.48. The number of ether oxygens (including phenoxy) is 1. The summed E-state index contributed by atoms with van der Waals surface area (Å²) in [5.41, 5.74) is -0.706. The second-order valence-electron chi connectivity index (χ2n) is 5.00. The largest absolute Gasteiger partial charge is 0.508 e. The van der Waals surface area contributed by atoms with Gasteiger partial charge in [0.25, 0.3) is 0 Å². The Morgan fingerprint density at radius 3 is 2.95 bits per heavy atom. The molecule has 0 aromatic heterocycles. The summed E-state index contributed by atoms with van der Waals surface area (Å²) in [6.07, 6.45) is 2.03. The number of phenols is 1. The fourth-order valence-electron chi connectivity index (χ4n) is 2.24. The molecular formula is C14H19NO4. The van der Waals surface area contributed by atoms with E-state index in [1.165, 1.54) is 12.1 Å². The topological polar surface area (TPSA) is 78.8 Å². The summed E-state index contributed by atoms with van der Waals surface area (Å²) in [5, 5.41) is 22.0. The lowest BCUT2D eigenvalue weighted by Gasteiger charge is -2.28. The summed E-state index contributed by atoms with van der Waals surface area (Å²) in [5.74, 6) is -0.917. The number of aliphatic carboxylic acids is 1. The maximum atomic E-state index is 11.6. The molecule has 1 heterocycles. The van der Waals surface area contributed by atoms with Gasteiger partial charge in [0.15, 0.2) is 0 Å². The number of nitrogens with one attached hydrogen (secondary N) is 1. The van der Waals surface area contributed by atoms with Gasteiger partial charge in [-0.05, 0) is 37.5 Å². The summed E-state index contributed by atoms with van der Waals surface area (Å²) in [7, 11) is 0. The highest BCUT2D eigenvalue weighted by Crippen LogP contribution is 2.25. The molecule has 1 aromatic carbocycles. The van der Waals surface area contributed by atoms with Gasteiger partial charge < -0.3 is 14.9 Å². The molecule has 1 aliphatic rings. The Hall–Kier alpha value is -1.59. The fourth-order valence-corrected chi connectivity index (χ4v) is 2.24. The second-order valence-corrected chi connectivity index (χ2v) is 5.00. The summed E-state index contributed by atoms with van der Waals surface area (Å²) in [6, 6.07) is 6.32. The molecule has 2 rings (SSSR count). The molecule has 104 valence electrons. The van der Waals surface area contributed by atoms with Crippen LogP contribution in [0, 0.1) is 0 Å². The van der Waals surface area contributed by atoms with Crippen LogP contribution >= 0.6 is 0 Å². The molecule has 0 saturated carbocycles. The number of benzene rings is 1. The minimum Gasteiger partial charge on any atom is -0.508 e. The van der Waals surface area contributed by atoms with Gasteiger partial charge >= 0.3 is 5.97 Å². The van der Waals surface area contributed by atoms with Crippen LogP contribution in [0.2, 0.25) is 0 Å². The standard InChI is InChI=1S/C14H19NO4/c1-14(13(17)18,10-4-2-5-11(16)8-10)15-9-12-6-3-7-19-12/h2,4-5,8,12,15-16H,3,6-7,9H2,1H3,(H,17,18). The molecule has 3 N–H and O–H groups in total. The van der Waals surface area contributed by atoms with Crippen LogP contribution in [0.25, 0.3) is 0 Å². The minimum atomic E-state index is -1.23. The Morgan fingerprint density at radius 2 is 2.37 bits per heavy atom. The van der Waals surface area contributed by atoms with Crippen LogP contribution in [0.15, 0.2) is 24.3 Å². The zero-order valence-electron chi connectivity index (χ0n) is 10.9. The molecule has 1 aliphatic heterocycles. The van der Waals surface area contributed by atoms with E-state index in [0.29, 0.717) is 12.1 Å². The lowest BCUT2D eigenvalue weighted by molar-refractivity contribution is -0.144. The first-order chi connectivity index (χ1) is 9.02. The molecular weight excluding hydrogens is 246 g/mol. The summed E-state index contributed by atoms with van der Waals surface area (Å²) >= 11 is 0. The SMILES string of the molecule is CC(NCC1CCCO1)(C(=O)O)c1cccc(O)c1. The fraction of sp³-hybridized carbons (Fsp3) is 0.500. The Labute approximate surface area is 112 Å². The van der Waals surface area contributed by atoms with E-state index in [1.54, 1.807) is 19.1 Å². The van der Waals surface area contributed by atoms with Crippen molar-refractivity contribution in [3.05, 3.63) is 29.8 Å². The number of phenolic OH excluding ortho intramolecular Hbond substituents is 1. The van der Waals surface area contributed by atoms with Crippen molar-refractivity contribution in [2.24, 2.45) is 0 Å². The molecule has 2 unspecified atom stereocenters. The molecule has 0 aliphatic carbocycles. The summed E-state index contributed by atoms with van der Waals surface area (Å²) in [4.78, 5) is 11.6. The number of aromatic hydroxyl groups is 1. The van der Waals surface area contributed by atoms with Crippen molar-refractivity contribution >= 4 is 5.97 Å². The monoisotopic (exact) mass is 265 g/mol. The average molecular weight is 265 g/mol. The zero-order valence-corrected chi connectivity index (χ0v) is 10.9. The molecule has 1 fully saturated rings. The van der Waals surface area contributed by atoms with Crippen LogP contribution in [0.3, 0.4) is 0 Å². The highest BCUT2D eigenvalue weighted by Gasteiger charge is 2.36. The van der Waals surface area contributed by atoms with Crippen LogP contribution in [-0.4, -0.2) is 35.4 Å². The Balaban J connectivity index is 2.14. The van der Waals surface area contributed by atoms with Gasteiger partial charge in [-0.1, -0.05) is 12.1 Å². The normalized spacial score (nSPS) is 22.1. The number of hydrogen-bond acceptors (Lipinski definition) is 4. The first-order valence-corrected chi connectivity index (χ1v) is 6.42. The Bertz CT molecular complexity index is 457. The average Bonchev–Trinajstić information content (AvgIpc) is 2.88. The summed E-state index contributed by atoms with van der Waals surface area (Å²) in [6.45, 7) is 2.82. The van der Waals surface area contributed by atoms with Crippen molar-refractivity contribution in [2.75, 3.05) is 13.2 Å². The lowest BCUT2D eigenvalue weighted by atomic mass is 9.91. The van der Waals surface area contributed by atoms with Gasteiger partial charge in [0.05, 0.1) is 6.10 Å². The van der Waals surface area contributed by atoms with E-state index < -0.39 is 11.5 Å². The lowest BCUT2D eigenvalue weighted by Crippen LogP contribution is -2.49.